The minimum atomic E-state index is -0.250. The highest BCUT2D eigenvalue weighted by Gasteiger charge is 2.12. The molecule has 0 aliphatic rings. The Morgan fingerprint density at radius 2 is 1.66 bits per heavy atom. The molecular weight excluding hydrogens is 404 g/mol. The van der Waals surface area contributed by atoms with Crippen molar-refractivity contribution in [2.45, 2.75) is 26.2 Å². The Morgan fingerprint density at radius 1 is 0.906 bits per heavy atom. The third-order valence-electron chi connectivity index (χ3n) is 5.27. The van der Waals surface area contributed by atoms with Crippen molar-refractivity contribution in [3.63, 3.8) is 0 Å². The van der Waals surface area contributed by atoms with Gasteiger partial charge in [-0.05, 0) is 66.9 Å². The fourth-order valence-electron chi connectivity index (χ4n) is 3.47. The molecule has 0 spiro atoms. The number of amides is 1. The number of carbonyl (C=O) groups is 1. The van der Waals surface area contributed by atoms with Crippen LogP contribution < -0.4 is 14.8 Å². The molecular formula is C25H26N4O3. The van der Waals surface area contributed by atoms with E-state index in [1.807, 2.05) is 30.3 Å². The second-order valence-electron chi connectivity index (χ2n) is 7.49. The molecule has 3 aromatic carbocycles. The van der Waals surface area contributed by atoms with Crippen LogP contribution in [0, 0.1) is 0 Å². The maximum absolute atomic E-state index is 12.7. The van der Waals surface area contributed by atoms with Gasteiger partial charge in [-0.1, -0.05) is 25.5 Å². The van der Waals surface area contributed by atoms with Crippen LogP contribution in [0.3, 0.4) is 0 Å². The van der Waals surface area contributed by atoms with E-state index in [1.165, 1.54) is 25.5 Å². The summed E-state index contributed by atoms with van der Waals surface area (Å²) in [6, 6.07) is 18.8. The summed E-state index contributed by atoms with van der Waals surface area (Å²) in [6.45, 7) is 2.19. The highest BCUT2D eigenvalue weighted by atomic mass is 16.5. The Bertz CT molecular complexity index is 1230. The molecule has 32 heavy (non-hydrogen) atoms. The van der Waals surface area contributed by atoms with Crippen LogP contribution in [0.15, 0.2) is 60.7 Å². The van der Waals surface area contributed by atoms with Crippen molar-refractivity contribution in [3.8, 4) is 17.2 Å². The molecule has 0 atom stereocenters. The first kappa shape index (κ1) is 21.4. The summed E-state index contributed by atoms with van der Waals surface area (Å²) >= 11 is 0. The van der Waals surface area contributed by atoms with Crippen LogP contribution in [-0.2, 0) is 6.42 Å². The van der Waals surface area contributed by atoms with Crippen molar-refractivity contribution in [1.29, 1.82) is 0 Å². The number of hydrogen-bond donors (Lipinski definition) is 1. The average molecular weight is 431 g/mol. The van der Waals surface area contributed by atoms with E-state index in [2.05, 4.69) is 34.6 Å². The van der Waals surface area contributed by atoms with Crippen molar-refractivity contribution in [1.82, 2.24) is 15.0 Å². The Balaban J connectivity index is 1.52. The molecule has 7 heteroatoms. The number of ether oxygens (including phenoxy) is 2. The minimum absolute atomic E-state index is 0.250. The zero-order chi connectivity index (χ0) is 22.5. The fourth-order valence-corrected chi connectivity index (χ4v) is 3.47. The normalized spacial score (nSPS) is 10.8. The zero-order valence-corrected chi connectivity index (χ0v) is 18.5. The lowest BCUT2D eigenvalue weighted by atomic mass is 10.1. The Morgan fingerprint density at radius 3 is 2.38 bits per heavy atom. The molecule has 164 valence electrons. The first-order valence-corrected chi connectivity index (χ1v) is 10.6. The minimum Gasteiger partial charge on any atom is -0.493 e. The van der Waals surface area contributed by atoms with E-state index in [9.17, 15) is 4.79 Å². The Labute approximate surface area is 187 Å². The number of methoxy groups -OCH3 is 2. The molecule has 0 radical (unpaired) electrons. The van der Waals surface area contributed by atoms with Crippen LogP contribution in [0.5, 0.6) is 11.5 Å². The predicted octanol–water partition coefficient (Wildman–Crippen LogP) is 5.03. The standard InChI is InChI=1S/C25H26N4O3/c1-4-5-6-17-7-11-20(12-8-17)29-27-21-13-10-19(16-22(21)28-29)26-25(30)18-9-14-23(31-2)24(15-18)32-3/h7-16H,4-6H2,1-3H3,(H,26,30). The van der Waals surface area contributed by atoms with E-state index in [4.69, 9.17) is 9.47 Å². The van der Waals surface area contributed by atoms with Gasteiger partial charge in [-0.25, -0.2) is 0 Å². The molecule has 7 nitrogen and oxygen atoms in total. The van der Waals surface area contributed by atoms with Crippen LogP contribution in [0.4, 0.5) is 5.69 Å². The molecule has 0 unspecified atom stereocenters. The fraction of sp³-hybridized carbons (Fsp3) is 0.240. The molecule has 0 bridgehead atoms. The quantitative estimate of drug-likeness (QED) is 0.424. The number of nitrogens with one attached hydrogen (secondary N) is 1. The van der Waals surface area contributed by atoms with Gasteiger partial charge in [0.05, 0.1) is 19.9 Å². The molecule has 1 N–H and O–H groups in total. The van der Waals surface area contributed by atoms with Gasteiger partial charge in [0.1, 0.15) is 11.0 Å². The topological polar surface area (TPSA) is 78.3 Å². The number of hydrogen-bond acceptors (Lipinski definition) is 5. The van der Waals surface area contributed by atoms with E-state index < -0.39 is 0 Å². The number of rotatable bonds is 8. The number of unbranched alkanes of at least 4 members (excludes halogenated alkanes) is 1. The van der Waals surface area contributed by atoms with Crippen molar-refractivity contribution < 1.29 is 14.3 Å². The number of fused-ring (bicyclic) bond motifs is 1. The van der Waals surface area contributed by atoms with Gasteiger partial charge in [-0.2, -0.15) is 4.80 Å². The van der Waals surface area contributed by atoms with E-state index in [0.29, 0.717) is 28.3 Å². The van der Waals surface area contributed by atoms with Crippen molar-refractivity contribution in [2.75, 3.05) is 19.5 Å². The monoisotopic (exact) mass is 430 g/mol. The summed E-state index contributed by atoms with van der Waals surface area (Å²) in [5.74, 6) is 0.820. The second kappa shape index (κ2) is 9.51. The molecule has 4 aromatic rings. The van der Waals surface area contributed by atoms with E-state index in [1.54, 1.807) is 30.1 Å². The van der Waals surface area contributed by atoms with E-state index in [0.717, 1.165) is 17.6 Å². The van der Waals surface area contributed by atoms with Gasteiger partial charge >= 0.3 is 0 Å². The predicted molar refractivity (Wildman–Crippen MR) is 125 cm³/mol. The van der Waals surface area contributed by atoms with Gasteiger partial charge < -0.3 is 14.8 Å². The third kappa shape index (κ3) is 4.56. The number of anilines is 1. The average Bonchev–Trinajstić information content (AvgIpc) is 3.26. The molecule has 0 aliphatic heterocycles. The van der Waals surface area contributed by atoms with Gasteiger partial charge in [0.15, 0.2) is 11.5 Å². The molecule has 1 amide bonds. The van der Waals surface area contributed by atoms with Gasteiger partial charge in [0, 0.05) is 11.3 Å². The van der Waals surface area contributed by atoms with Gasteiger partial charge in [0.2, 0.25) is 0 Å². The van der Waals surface area contributed by atoms with Gasteiger partial charge in [-0.3, -0.25) is 4.79 Å². The van der Waals surface area contributed by atoms with Crippen LogP contribution in [0.25, 0.3) is 16.7 Å². The van der Waals surface area contributed by atoms with Crippen LogP contribution in [0.1, 0.15) is 35.7 Å². The van der Waals surface area contributed by atoms with Gasteiger partial charge in [-0.15, -0.1) is 10.2 Å². The molecule has 0 saturated carbocycles. The summed E-state index contributed by atoms with van der Waals surface area (Å²) in [7, 11) is 3.09. The number of benzene rings is 3. The summed E-state index contributed by atoms with van der Waals surface area (Å²) in [4.78, 5) is 14.3. The maximum Gasteiger partial charge on any atom is 0.255 e. The highest BCUT2D eigenvalue weighted by molar-refractivity contribution is 6.05. The number of aryl methyl sites for hydroxylation is 1. The van der Waals surface area contributed by atoms with Crippen molar-refractivity contribution in [2.24, 2.45) is 0 Å². The molecule has 0 aliphatic carbocycles. The lowest BCUT2D eigenvalue weighted by Gasteiger charge is -2.10. The third-order valence-corrected chi connectivity index (χ3v) is 5.27. The highest BCUT2D eigenvalue weighted by Crippen LogP contribution is 2.28. The summed E-state index contributed by atoms with van der Waals surface area (Å²) in [6.07, 6.45) is 3.44. The SMILES string of the molecule is CCCCc1ccc(-n2nc3ccc(NC(=O)c4ccc(OC)c(OC)c4)cc3n2)cc1. The first-order chi connectivity index (χ1) is 15.6. The number of carbonyl (C=O) groups excluding carboxylic acids is 1. The molecule has 0 fully saturated rings. The lowest BCUT2D eigenvalue weighted by molar-refractivity contribution is 0.102. The smallest absolute Gasteiger partial charge is 0.255 e. The summed E-state index contributed by atoms with van der Waals surface area (Å²) in [5, 5.41) is 12.0. The summed E-state index contributed by atoms with van der Waals surface area (Å²) in [5.41, 5.74) is 4.77. The number of nitrogens with zero attached hydrogens (tertiary/aromatic N) is 3. The first-order valence-electron chi connectivity index (χ1n) is 10.6. The zero-order valence-electron chi connectivity index (χ0n) is 18.5. The van der Waals surface area contributed by atoms with Gasteiger partial charge in [0.25, 0.3) is 5.91 Å². The molecule has 0 saturated heterocycles. The Hall–Kier alpha value is -3.87. The van der Waals surface area contributed by atoms with Crippen molar-refractivity contribution in [3.05, 3.63) is 71.8 Å². The van der Waals surface area contributed by atoms with Crippen molar-refractivity contribution >= 4 is 22.6 Å². The van der Waals surface area contributed by atoms with Crippen LogP contribution in [-0.4, -0.2) is 35.1 Å². The Kier molecular flexibility index (Phi) is 6.35. The van der Waals surface area contributed by atoms with Crippen LogP contribution >= 0.6 is 0 Å². The molecule has 1 heterocycles. The number of aromatic nitrogens is 3. The maximum atomic E-state index is 12.7. The lowest BCUT2D eigenvalue weighted by Crippen LogP contribution is -2.12. The van der Waals surface area contributed by atoms with E-state index >= 15 is 0 Å². The molecule has 4 rings (SSSR count). The molecule has 1 aromatic heterocycles. The summed E-state index contributed by atoms with van der Waals surface area (Å²) < 4.78 is 10.5. The second-order valence-corrected chi connectivity index (χ2v) is 7.49. The van der Waals surface area contributed by atoms with E-state index in [-0.39, 0.29) is 5.91 Å². The van der Waals surface area contributed by atoms with Crippen LogP contribution in [0.2, 0.25) is 0 Å². The largest absolute Gasteiger partial charge is 0.493 e.